The second-order valence-corrected chi connectivity index (χ2v) is 1.81. The number of carboxylic acids is 1. The van der Waals surface area contributed by atoms with Crippen LogP contribution < -0.4 is 3.53 Å². The van der Waals surface area contributed by atoms with Gasteiger partial charge < -0.3 is 10.2 Å². The minimum Gasteiger partial charge on any atom is -0.480 e. The van der Waals surface area contributed by atoms with Crippen LogP contribution in [0.2, 0.25) is 0 Å². The smallest absolute Gasteiger partial charge is 0.323 e. The molecule has 0 aromatic carbocycles. The van der Waals surface area contributed by atoms with Gasteiger partial charge in [-0.1, -0.05) is 0 Å². The lowest BCUT2D eigenvalue weighted by molar-refractivity contribution is -0.139. The standard InChI is InChI=1S/C3H6INO3/c4-5-2(1-6)3(7)8/h2,5-6H,1H2,(H,7,8)/t2-/m1/s1. The number of hydrogen-bond donors (Lipinski definition) is 3. The maximum atomic E-state index is 9.93. The van der Waals surface area contributed by atoms with Crippen molar-refractivity contribution in [2.24, 2.45) is 0 Å². The monoisotopic (exact) mass is 231 g/mol. The first-order valence-electron chi connectivity index (χ1n) is 1.92. The molecule has 48 valence electrons. The third-order valence-electron chi connectivity index (χ3n) is 0.612. The number of hydrogen-bond acceptors (Lipinski definition) is 3. The summed E-state index contributed by atoms with van der Waals surface area (Å²) in [6.45, 7) is -0.377. The molecule has 0 unspecified atom stereocenters. The first kappa shape index (κ1) is 8.12. The summed E-state index contributed by atoms with van der Waals surface area (Å²) in [6.07, 6.45) is 0. The topological polar surface area (TPSA) is 69.6 Å². The lowest BCUT2D eigenvalue weighted by Gasteiger charge is -2.02. The Kier molecular flexibility index (Phi) is 4.11. The zero-order valence-electron chi connectivity index (χ0n) is 3.97. The second-order valence-electron chi connectivity index (χ2n) is 1.18. The van der Waals surface area contributed by atoms with E-state index < -0.39 is 12.0 Å². The summed E-state index contributed by atoms with van der Waals surface area (Å²) in [4.78, 5) is 9.93. The molecule has 0 saturated heterocycles. The Bertz CT molecular complexity index is 82.6. The lowest BCUT2D eigenvalue weighted by atomic mass is 10.3. The summed E-state index contributed by atoms with van der Waals surface area (Å²) in [5.41, 5.74) is 0. The molecule has 3 N–H and O–H groups in total. The van der Waals surface area contributed by atoms with Crippen LogP contribution in [0.5, 0.6) is 0 Å². The van der Waals surface area contributed by atoms with Gasteiger partial charge in [-0.15, -0.1) is 0 Å². The van der Waals surface area contributed by atoms with E-state index in [1.54, 1.807) is 22.9 Å². The Balaban J connectivity index is 3.52. The first-order valence-corrected chi connectivity index (χ1v) is 3.00. The zero-order valence-corrected chi connectivity index (χ0v) is 6.12. The molecular formula is C3H6INO3. The number of aliphatic hydroxyl groups is 1. The van der Waals surface area contributed by atoms with Crippen molar-refractivity contribution in [3.63, 3.8) is 0 Å². The summed E-state index contributed by atoms with van der Waals surface area (Å²) < 4.78 is 2.37. The lowest BCUT2D eigenvalue weighted by Crippen LogP contribution is -2.33. The van der Waals surface area contributed by atoms with Gasteiger partial charge in [0.05, 0.1) is 6.61 Å². The van der Waals surface area contributed by atoms with E-state index in [-0.39, 0.29) is 6.61 Å². The molecule has 0 spiro atoms. The van der Waals surface area contributed by atoms with E-state index in [0.717, 1.165) is 0 Å². The molecule has 0 aliphatic heterocycles. The molecular weight excluding hydrogens is 225 g/mol. The van der Waals surface area contributed by atoms with E-state index in [0.29, 0.717) is 0 Å². The van der Waals surface area contributed by atoms with Crippen LogP contribution in [0.4, 0.5) is 0 Å². The van der Waals surface area contributed by atoms with Gasteiger partial charge in [0.25, 0.3) is 0 Å². The van der Waals surface area contributed by atoms with Crippen molar-refractivity contribution in [1.82, 2.24) is 3.53 Å². The molecule has 0 heterocycles. The van der Waals surface area contributed by atoms with Crippen LogP contribution in [-0.4, -0.2) is 28.8 Å². The Morgan fingerprint density at radius 1 is 1.88 bits per heavy atom. The molecule has 0 rings (SSSR count). The fraction of sp³-hybridized carbons (Fsp3) is 0.667. The molecule has 0 aromatic heterocycles. The minimum absolute atomic E-state index is 0.377. The van der Waals surface area contributed by atoms with Gasteiger partial charge in [0.2, 0.25) is 0 Å². The maximum absolute atomic E-state index is 9.93. The number of nitrogens with one attached hydrogen (secondary N) is 1. The summed E-state index contributed by atoms with van der Waals surface area (Å²) >= 11 is 1.67. The Morgan fingerprint density at radius 2 is 2.38 bits per heavy atom. The third-order valence-corrected chi connectivity index (χ3v) is 1.36. The number of aliphatic carboxylic acids is 1. The first-order chi connectivity index (χ1) is 3.72. The van der Waals surface area contributed by atoms with Gasteiger partial charge in [0, 0.05) is 22.9 Å². The molecule has 8 heavy (non-hydrogen) atoms. The van der Waals surface area contributed by atoms with Gasteiger partial charge >= 0.3 is 5.97 Å². The zero-order chi connectivity index (χ0) is 6.57. The molecule has 4 nitrogen and oxygen atoms in total. The van der Waals surface area contributed by atoms with Crippen molar-refractivity contribution in [2.75, 3.05) is 6.61 Å². The van der Waals surface area contributed by atoms with E-state index in [2.05, 4.69) is 3.53 Å². The highest BCUT2D eigenvalue weighted by atomic mass is 127. The number of carbonyl (C=O) groups is 1. The molecule has 0 fully saturated rings. The van der Waals surface area contributed by atoms with E-state index >= 15 is 0 Å². The van der Waals surface area contributed by atoms with E-state index in [9.17, 15) is 4.79 Å². The summed E-state index contributed by atoms with van der Waals surface area (Å²) in [5.74, 6) is -1.04. The highest BCUT2D eigenvalue weighted by Crippen LogP contribution is 1.83. The SMILES string of the molecule is O=C(O)[C@@H](CO)NI. The van der Waals surface area contributed by atoms with Crippen molar-refractivity contribution in [3.8, 4) is 0 Å². The molecule has 0 bridgehead atoms. The van der Waals surface area contributed by atoms with Crippen molar-refractivity contribution in [3.05, 3.63) is 0 Å². The normalized spacial score (nSPS) is 13.2. The van der Waals surface area contributed by atoms with Gasteiger partial charge in [0.1, 0.15) is 6.04 Å². The summed E-state index contributed by atoms with van der Waals surface area (Å²) in [6, 6.07) is -0.837. The van der Waals surface area contributed by atoms with Crippen molar-refractivity contribution < 1.29 is 15.0 Å². The molecule has 0 aromatic rings. The molecule has 5 heteroatoms. The van der Waals surface area contributed by atoms with Crippen LogP contribution in [0, 0.1) is 0 Å². The highest BCUT2D eigenvalue weighted by molar-refractivity contribution is 14.1. The number of carboxylic acid groups (broad SMARTS) is 1. The Hall–Kier alpha value is 0.120. The quantitative estimate of drug-likeness (QED) is 0.446. The molecule has 0 saturated carbocycles. The van der Waals surface area contributed by atoms with Gasteiger partial charge in [-0.05, 0) is 0 Å². The molecule has 0 aliphatic carbocycles. The largest absolute Gasteiger partial charge is 0.480 e. The summed E-state index contributed by atoms with van der Waals surface area (Å²) in [5, 5.41) is 16.4. The minimum atomic E-state index is -1.04. The number of rotatable bonds is 3. The summed E-state index contributed by atoms with van der Waals surface area (Å²) in [7, 11) is 0. The van der Waals surface area contributed by atoms with Gasteiger partial charge in [0.15, 0.2) is 0 Å². The van der Waals surface area contributed by atoms with E-state index in [1.807, 2.05) is 0 Å². The Morgan fingerprint density at radius 3 is 2.38 bits per heavy atom. The van der Waals surface area contributed by atoms with Crippen molar-refractivity contribution in [1.29, 1.82) is 0 Å². The van der Waals surface area contributed by atoms with Crippen LogP contribution in [0.15, 0.2) is 0 Å². The predicted molar refractivity (Wildman–Crippen MR) is 35.7 cm³/mol. The van der Waals surface area contributed by atoms with E-state index in [1.165, 1.54) is 0 Å². The van der Waals surface area contributed by atoms with Crippen LogP contribution in [0.1, 0.15) is 0 Å². The average molecular weight is 231 g/mol. The molecule has 1 atom stereocenters. The third kappa shape index (κ3) is 2.43. The van der Waals surface area contributed by atoms with Crippen LogP contribution in [0.25, 0.3) is 0 Å². The fourth-order valence-corrected chi connectivity index (χ4v) is 0.623. The van der Waals surface area contributed by atoms with Gasteiger partial charge in [-0.2, -0.15) is 0 Å². The van der Waals surface area contributed by atoms with Crippen molar-refractivity contribution in [2.45, 2.75) is 6.04 Å². The highest BCUT2D eigenvalue weighted by Gasteiger charge is 2.12. The van der Waals surface area contributed by atoms with Crippen LogP contribution >= 0.6 is 22.9 Å². The predicted octanol–water partition coefficient (Wildman–Crippen LogP) is -0.629. The maximum Gasteiger partial charge on any atom is 0.323 e. The van der Waals surface area contributed by atoms with Crippen molar-refractivity contribution >= 4 is 28.8 Å². The van der Waals surface area contributed by atoms with Crippen LogP contribution in [0.3, 0.4) is 0 Å². The number of aliphatic hydroxyl groups excluding tert-OH is 1. The van der Waals surface area contributed by atoms with Gasteiger partial charge in [-0.3, -0.25) is 4.79 Å². The van der Waals surface area contributed by atoms with Crippen LogP contribution in [-0.2, 0) is 4.79 Å². The molecule has 0 radical (unpaired) electrons. The molecule has 0 aliphatic rings. The average Bonchev–Trinajstić information content (AvgIpc) is 1.69. The fourth-order valence-electron chi connectivity index (χ4n) is 0.159. The van der Waals surface area contributed by atoms with Gasteiger partial charge in [-0.25, -0.2) is 3.53 Å². The molecule has 0 amide bonds. The Labute approximate surface area is 60.4 Å². The van der Waals surface area contributed by atoms with E-state index in [4.69, 9.17) is 10.2 Å². The second kappa shape index (κ2) is 4.04. The number of halogens is 1.